The Morgan fingerprint density at radius 2 is 2.12 bits per heavy atom. The van der Waals surface area contributed by atoms with Crippen LogP contribution in [0.1, 0.15) is 65.7 Å². The van der Waals surface area contributed by atoms with Crippen LogP contribution in [0, 0.1) is 0 Å². The molecule has 1 rings (SSSR count). The molecule has 0 aromatic carbocycles. The van der Waals surface area contributed by atoms with Gasteiger partial charge < -0.3 is 9.47 Å². The Kier molecular flexibility index (Phi) is 6.56. The van der Waals surface area contributed by atoms with Gasteiger partial charge in [-0.25, -0.2) is 0 Å². The molecular weight excluding hydrogens is 216 g/mol. The molecule has 0 aliphatic carbocycles. The van der Waals surface area contributed by atoms with Crippen LogP contribution in [0.5, 0.6) is 0 Å². The van der Waals surface area contributed by atoms with Crippen molar-refractivity contribution in [3.05, 3.63) is 0 Å². The molecule has 17 heavy (non-hydrogen) atoms. The second kappa shape index (κ2) is 7.70. The van der Waals surface area contributed by atoms with Crippen molar-refractivity contribution in [1.82, 2.24) is 0 Å². The Morgan fingerprint density at radius 1 is 1.35 bits per heavy atom. The van der Waals surface area contributed by atoms with E-state index in [2.05, 4.69) is 6.92 Å². The molecule has 0 amide bonds. The highest BCUT2D eigenvalue weighted by molar-refractivity contribution is 5.66. The van der Waals surface area contributed by atoms with Gasteiger partial charge >= 0.3 is 5.97 Å². The van der Waals surface area contributed by atoms with Crippen molar-refractivity contribution in [1.29, 1.82) is 0 Å². The zero-order chi connectivity index (χ0) is 12.7. The first kappa shape index (κ1) is 14.5. The predicted molar refractivity (Wildman–Crippen MR) is 67.9 cm³/mol. The molecule has 1 saturated heterocycles. The van der Waals surface area contributed by atoms with Crippen LogP contribution in [0.3, 0.4) is 0 Å². The van der Waals surface area contributed by atoms with Crippen LogP contribution in [0.2, 0.25) is 0 Å². The summed E-state index contributed by atoms with van der Waals surface area (Å²) in [5.74, 6) is -0.215. The minimum Gasteiger partial charge on any atom is -0.460 e. The quantitative estimate of drug-likeness (QED) is 0.506. The SMILES string of the molecule is CCCCCC[C@@H]1CC[C@@H]([C@@H](C)OC(C)=O)O1. The molecule has 1 heterocycles. The van der Waals surface area contributed by atoms with E-state index in [1.807, 2.05) is 6.92 Å². The summed E-state index contributed by atoms with van der Waals surface area (Å²) in [7, 11) is 0. The number of carbonyl (C=O) groups excluding carboxylic acids is 1. The van der Waals surface area contributed by atoms with Crippen LogP contribution in [0.25, 0.3) is 0 Å². The lowest BCUT2D eigenvalue weighted by molar-refractivity contribution is -0.152. The smallest absolute Gasteiger partial charge is 0.302 e. The van der Waals surface area contributed by atoms with Gasteiger partial charge in [-0.1, -0.05) is 32.6 Å². The molecule has 1 aliphatic heterocycles. The van der Waals surface area contributed by atoms with Gasteiger partial charge in [0.2, 0.25) is 0 Å². The van der Waals surface area contributed by atoms with Crippen molar-refractivity contribution in [3.63, 3.8) is 0 Å². The lowest BCUT2D eigenvalue weighted by atomic mass is 10.1. The lowest BCUT2D eigenvalue weighted by Gasteiger charge is -2.20. The van der Waals surface area contributed by atoms with E-state index in [1.165, 1.54) is 32.6 Å². The van der Waals surface area contributed by atoms with E-state index >= 15 is 0 Å². The summed E-state index contributed by atoms with van der Waals surface area (Å²) in [4.78, 5) is 10.9. The van der Waals surface area contributed by atoms with Crippen LogP contribution in [-0.2, 0) is 14.3 Å². The molecule has 0 unspecified atom stereocenters. The molecule has 0 aromatic heterocycles. The molecule has 1 fully saturated rings. The number of ether oxygens (including phenoxy) is 2. The molecule has 0 bridgehead atoms. The molecule has 1 aliphatic rings. The van der Waals surface area contributed by atoms with Crippen LogP contribution in [0.15, 0.2) is 0 Å². The third-order valence-electron chi connectivity index (χ3n) is 3.40. The summed E-state index contributed by atoms with van der Waals surface area (Å²) in [5, 5.41) is 0. The summed E-state index contributed by atoms with van der Waals surface area (Å²) in [5.41, 5.74) is 0. The van der Waals surface area contributed by atoms with Crippen molar-refractivity contribution < 1.29 is 14.3 Å². The molecule has 0 saturated carbocycles. The van der Waals surface area contributed by atoms with Crippen molar-refractivity contribution >= 4 is 5.97 Å². The third kappa shape index (κ3) is 5.53. The first-order valence-corrected chi connectivity index (χ1v) is 6.96. The Bertz CT molecular complexity index is 228. The highest BCUT2D eigenvalue weighted by atomic mass is 16.6. The predicted octanol–water partition coefficient (Wildman–Crippen LogP) is 3.46. The highest BCUT2D eigenvalue weighted by Gasteiger charge is 2.30. The van der Waals surface area contributed by atoms with Crippen molar-refractivity contribution in [2.75, 3.05) is 0 Å². The van der Waals surface area contributed by atoms with Crippen molar-refractivity contribution in [3.8, 4) is 0 Å². The van der Waals surface area contributed by atoms with Gasteiger partial charge in [0, 0.05) is 6.92 Å². The van der Waals surface area contributed by atoms with E-state index in [1.54, 1.807) is 0 Å². The maximum atomic E-state index is 10.9. The van der Waals surface area contributed by atoms with Gasteiger partial charge in [-0.3, -0.25) is 4.79 Å². The van der Waals surface area contributed by atoms with Gasteiger partial charge in [0.25, 0.3) is 0 Å². The topological polar surface area (TPSA) is 35.5 Å². The Hall–Kier alpha value is -0.570. The molecule has 3 nitrogen and oxygen atoms in total. The fraction of sp³-hybridized carbons (Fsp3) is 0.929. The average Bonchev–Trinajstić information content (AvgIpc) is 2.72. The van der Waals surface area contributed by atoms with E-state index in [-0.39, 0.29) is 18.2 Å². The fourth-order valence-corrected chi connectivity index (χ4v) is 2.43. The minimum absolute atomic E-state index is 0.104. The average molecular weight is 242 g/mol. The first-order valence-electron chi connectivity index (χ1n) is 6.96. The largest absolute Gasteiger partial charge is 0.460 e. The second-order valence-corrected chi connectivity index (χ2v) is 5.04. The van der Waals surface area contributed by atoms with Gasteiger partial charge in [0.05, 0.1) is 12.2 Å². The van der Waals surface area contributed by atoms with E-state index in [0.29, 0.717) is 6.10 Å². The van der Waals surface area contributed by atoms with Gasteiger partial charge in [-0.2, -0.15) is 0 Å². The third-order valence-corrected chi connectivity index (χ3v) is 3.40. The molecule has 100 valence electrons. The molecule has 3 heteroatoms. The second-order valence-electron chi connectivity index (χ2n) is 5.04. The number of rotatable bonds is 7. The lowest BCUT2D eigenvalue weighted by Crippen LogP contribution is -2.28. The number of hydrogen-bond acceptors (Lipinski definition) is 3. The van der Waals surface area contributed by atoms with Gasteiger partial charge in [-0.05, 0) is 26.2 Å². The molecular formula is C14H26O3. The Labute approximate surface area is 105 Å². The summed E-state index contributed by atoms with van der Waals surface area (Å²) in [6.07, 6.45) is 8.84. The van der Waals surface area contributed by atoms with E-state index in [4.69, 9.17) is 9.47 Å². The van der Waals surface area contributed by atoms with Crippen LogP contribution in [-0.4, -0.2) is 24.3 Å². The number of carbonyl (C=O) groups is 1. The van der Waals surface area contributed by atoms with E-state index in [9.17, 15) is 4.79 Å². The fourth-order valence-electron chi connectivity index (χ4n) is 2.43. The van der Waals surface area contributed by atoms with Gasteiger partial charge in [0.15, 0.2) is 0 Å². The van der Waals surface area contributed by atoms with Crippen LogP contribution in [0.4, 0.5) is 0 Å². The maximum Gasteiger partial charge on any atom is 0.302 e. The molecule has 0 radical (unpaired) electrons. The molecule has 0 spiro atoms. The standard InChI is InChI=1S/C14H26O3/c1-4-5-6-7-8-13-9-10-14(17-13)11(2)16-12(3)15/h11,13-14H,4-10H2,1-3H3/t11-,13-,14+/m1/s1. The van der Waals surface area contributed by atoms with Crippen LogP contribution >= 0.6 is 0 Å². The van der Waals surface area contributed by atoms with Crippen LogP contribution < -0.4 is 0 Å². The zero-order valence-corrected chi connectivity index (χ0v) is 11.4. The summed E-state index contributed by atoms with van der Waals surface area (Å²) < 4.78 is 11.1. The number of hydrogen-bond donors (Lipinski definition) is 0. The molecule has 0 aromatic rings. The monoisotopic (exact) mass is 242 g/mol. The minimum atomic E-state index is -0.215. The summed E-state index contributed by atoms with van der Waals surface area (Å²) >= 11 is 0. The van der Waals surface area contributed by atoms with Crippen molar-refractivity contribution in [2.24, 2.45) is 0 Å². The summed E-state index contributed by atoms with van der Waals surface area (Å²) in [6.45, 7) is 5.60. The van der Waals surface area contributed by atoms with Gasteiger partial charge in [-0.15, -0.1) is 0 Å². The highest BCUT2D eigenvalue weighted by Crippen LogP contribution is 2.27. The van der Waals surface area contributed by atoms with Crippen molar-refractivity contribution in [2.45, 2.75) is 84.0 Å². The normalized spacial score (nSPS) is 25.8. The molecule has 0 N–H and O–H groups in total. The zero-order valence-electron chi connectivity index (χ0n) is 11.4. The Balaban J connectivity index is 2.15. The van der Waals surface area contributed by atoms with E-state index < -0.39 is 0 Å². The number of unbranched alkanes of at least 4 members (excludes halogenated alkanes) is 3. The maximum absolute atomic E-state index is 10.9. The number of esters is 1. The van der Waals surface area contributed by atoms with E-state index in [0.717, 1.165) is 19.3 Å². The van der Waals surface area contributed by atoms with Gasteiger partial charge in [0.1, 0.15) is 6.10 Å². The summed E-state index contributed by atoms with van der Waals surface area (Å²) in [6, 6.07) is 0. The Morgan fingerprint density at radius 3 is 2.76 bits per heavy atom. The molecule has 3 atom stereocenters. The first-order chi connectivity index (χ1) is 8.13.